The van der Waals surface area contributed by atoms with Gasteiger partial charge in [-0.3, -0.25) is 0 Å². The Morgan fingerprint density at radius 2 is 1.79 bits per heavy atom. The number of benzene rings is 2. The topological polar surface area (TPSA) is 46.6 Å². The summed E-state index contributed by atoms with van der Waals surface area (Å²) in [6.45, 7) is 0.592. The van der Waals surface area contributed by atoms with Crippen LogP contribution in [0.1, 0.15) is 18.4 Å². The fourth-order valence-corrected chi connectivity index (χ4v) is 5.16. The van der Waals surface area contributed by atoms with E-state index in [0.29, 0.717) is 11.4 Å². The van der Waals surface area contributed by atoms with Crippen molar-refractivity contribution in [2.75, 3.05) is 13.7 Å². The Kier molecular flexibility index (Phi) is 5.46. The summed E-state index contributed by atoms with van der Waals surface area (Å²) in [5.41, 5.74) is 1.13. The summed E-state index contributed by atoms with van der Waals surface area (Å²) in [6.07, 6.45) is 2.54. The number of ether oxygens (including phenoxy) is 1. The fraction of sp³-hybridized carbons (Fsp3) is 0.333. The lowest BCUT2D eigenvalue weighted by Gasteiger charge is -2.24. The first-order valence-electron chi connectivity index (χ1n) is 7.91. The lowest BCUT2D eigenvalue weighted by Crippen LogP contribution is -2.36. The van der Waals surface area contributed by atoms with Gasteiger partial charge < -0.3 is 4.74 Å². The minimum absolute atomic E-state index is 0.0164. The van der Waals surface area contributed by atoms with Gasteiger partial charge >= 0.3 is 0 Å². The molecule has 0 N–H and O–H groups in total. The van der Waals surface area contributed by atoms with Gasteiger partial charge in [-0.25, -0.2) is 8.42 Å². The van der Waals surface area contributed by atoms with E-state index in [-0.39, 0.29) is 6.04 Å². The molecule has 1 aliphatic heterocycles. The molecule has 0 aromatic heterocycles. The highest BCUT2D eigenvalue weighted by Gasteiger charge is 2.35. The van der Waals surface area contributed by atoms with E-state index in [4.69, 9.17) is 4.74 Å². The summed E-state index contributed by atoms with van der Waals surface area (Å²) in [4.78, 5) is 0.379. The summed E-state index contributed by atoms with van der Waals surface area (Å²) in [5, 5.41) is 0. The molecule has 6 heteroatoms. The van der Waals surface area contributed by atoms with Crippen LogP contribution in [0.3, 0.4) is 0 Å². The van der Waals surface area contributed by atoms with Crippen molar-refractivity contribution >= 4 is 32.6 Å². The van der Waals surface area contributed by atoms with Gasteiger partial charge in [0.05, 0.1) is 12.0 Å². The van der Waals surface area contributed by atoms with Gasteiger partial charge in [-0.2, -0.15) is 4.31 Å². The third-order valence-corrected chi connectivity index (χ3v) is 7.06. The maximum absolute atomic E-state index is 13.0. The molecule has 2 aromatic carbocycles. The maximum Gasteiger partial charge on any atom is 0.243 e. The van der Waals surface area contributed by atoms with Crippen LogP contribution in [0.5, 0.6) is 5.75 Å². The Morgan fingerprint density at radius 3 is 2.42 bits per heavy atom. The summed E-state index contributed by atoms with van der Waals surface area (Å²) < 4.78 is 33.8. The minimum Gasteiger partial charge on any atom is -0.497 e. The second-order valence-corrected chi connectivity index (χ2v) is 9.05. The molecular weight excluding hydrogens is 437 g/mol. The Labute approximate surface area is 157 Å². The number of rotatable bonds is 5. The van der Waals surface area contributed by atoms with E-state index in [9.17, 15) is 8.42 Å². The van der Waals surface area contributed by atoms with Crippen LogP contribution in [0.25, 0.3) is 0 Å². The van der Waals surface area contributed by atoms with Crippen LogP contribution in [0, 0.1) is 3.57 Å². The highest BCUT2D eigenvalue weighted by molar-refractivity contribution is 14.1. The average Bonchev–Trinajstić information content (AvgIpc) is 3.05. The van der Waals surface area contributed by atoms with Gasteiger partial charge in [-0.05, 0) is 83.8 Å². The van der Waals surface area contributed by atoms with Crippen molar-refractivity contribution in [2.24, 2.45) is 0 Å². The zero-order chi connectivity index (χ0) is 17.2. The van der Waals surface area contributed by atoms with Crippen molar-refractivity contribution in [1.29, 1.82) is 0 Å². The molecule has 0 radical (unpaired) electrons. The molecule has 3 rings (SSSR count). The van der Waals surface area contributed by atoms with Gasteiger partial charge in [-0.1, -0.05) is 12.1 Å². The lowest BCUT2D eigenvalue weighted by atomic mass is 10.0. The highest BCUT2D eigenvalue weighted by Crippen LogP contribution is 2.29. The van der Waals surface area contributed by atoms with Crippen LogP contribution in [-0.2, 0) is 16.4 Å². The van der Waals surface area contributed by atoms with Crippen molar-refractivity contribution in [1.82, 2.24) is 4.31 Å². The van der Waals surface area contributed by atoms with Crippen LogP contribution in [0.2, 0.25) is 0 Å². The van der Waals surface area contributed by atoms with Crippen LogP contribution in [0.15, 0.2) is 53.4 Å². The van der Waals surface area contributed by atoms with Crippen LogP contribution < -0.4 is 4.74 Å². The molecule has 0 bridgehead atoms. The second kappa shape index (κ2) is 7.41. The molecule has 1 aliphatic rings. The fourth-order valence-electron chi connectivity index (χ4n) is 3.11. The minimum atomic E-state index is -3.43. The molecular formula is C18H20INO3S. The largest absolute Gasteiger partial charge is 0.497 e. The molecule has 0 spiro atoms. The predicted octanol–water partition coefficient (Wildman–Crippen LogP) is 3.70. The van der Waals surface area contributed by atoms with E-state index in [1.165, 1.54) is 0 Å². The molecule has 4 nitrogen and oxygen atoms in total. The van der Waals surface area contributed by atoms with E-state index >= 15 is 0 Å². The molecule has 1 heterocycles. The van der Waals surface area contributed by atoms with E-state index in [1.807, 2.05) is 36.4 Å². The summed E-state index contributed by atoms with van der Waals surface area (Å²) >= 11 is 2.18. The molecule has 0 amide bonds. The summed E-state index contributed by atoms with van der Waals surface area (Å²) in [6, 6.07) is 14.9. The molecule has 0 saturated carbocycles. The van der Waals surface area contributed by atoms with Crippen LogP contribution in [0.4, 0.5) is 0 Å². The number of nitrogens with zero attached hydrogens (tertiary/aromatic N) is 1. The number of hydrogen-bond acceptors (Lipinski definition) is 3. The molecule has 1 fully saturated rings. The first-order chi connectivity index (χ1) is 11.5. The highest BCUT2D eigenvalue weighted by atomic mass is 127. The average molecular weight is 457 g/mol. The quantitative estimate of drug-likeness (QED) is 0.644. The Hall–Kier alpha value is -1.12. The second-order valence-electron chi connectivity index (χ2n) is 5.92. The zero-order valence-corrected chi connectivity index (χ0v) is 16.5. The van der Waals surface area contributed by atoms with Crippen molar-refractivity contribution in [3.05, 3.63) is 57.7 Å². The third-order valence-electron chi connectivity index (χ3n) is 4.37. The first kappa shape index (κ1) is 17.7. The molecule has 1 saturated heterocycles. The number of hydrogen-bond donors (Lipinski definition) is 0. The van der Waals surface area contributed by atoms with Gasteiger partial charge in [0.25, 0.3) is 0 Å². The number of sulfonamides is 1. The Balaban J connectivity index is 1.80. The predicted molar refractivity (Wildman–Crippen MR) is 103 cm³/mol. The molecule has 128 valence electrons. The standard InChI is InChI=1S/C18H20INO3S/c1-23-17-8-4-14(5-9-17)13-16-3-2-12-20(16)24(21,22)18-10-6-15(19)7-11-18/h4-11,16H,2-3,12-13H2,1H3/t16-/m1/s1. The third kappa shape index (κ3) is 3.75. The molecule has 24 heavy (non-hydrogen) atoms. The molecule has 0 aliphatic carbocycles. The molecule has 1 atom stereocenters. The van der Waals surface area contributed by atoms with Gasteiger partial charge in [-0.15, -0.1) is 0 Å². The van der Waals surface area contributed by atoms with Crippen molar-refractivity contribution in [2.45, 2.75) is 30.2 Å². The van der Waals surface area contributed by atoms with E-state index in [2.05, 4.69) is 22.6 Å². The van der Waals surface area contributed by atoms with E-state index in [0.717, 1.165) is 34.1 Å². The first-order valence-corrected chi connectivity index (χ1v) is 10.4. The van der Waals surface area contributed by atoms with Crippen molar-refractivity contribution in [3.63, 3.8) is 0 Å². The van der Waals surface area contributed by atoms with Crippen LogP contribution in [-0.4, -0.2) is 32.4 Å². The SMILES string of the molecule is COc1ccc(C[C@H]2CCCN2S(=O)(=O)c2ccc(I)cc2)cc1. The van der Waals surface area contributed by atoms with E-state index < -0.39 is 10.0 Å². The molecule has 0 unspecified atom stereocenters. The van der Waals surface area contributed by atoms with Gasteiger partial charge in [0.2, 0.25) is 10.0 Å². The van der Waals surface area contributed by atoms with E-state index in [1.54, 1.807) is 23.5 Å². The van der Waals surface area contributed by atoms with Crippen molar-refractivity contribution < 1.29 is 13.2 Å². The number of halogens is 1. The van der Waals surface area contributed by atoms with Crippen molar-refractivity contribution in [3.8, 4) is 5.75 Å². The normalized spacial score (nSPS) is 18.7. The monoisotopic (exact) mass is 457 g/mol. The Bertz CT molecular complexity index is 788. The lowest BCUT2D eigenvalue weighted by molar-refractivity contribution is 0.385. The zero-order valence-electron chi connectivity index (χ0n) is 13.5. The smallest absolute Gasteiger partial charge is 0.243 e. The summed E-state index contributed by atoms with van der Waals surface area (Å²) in [7, 11) is -1.79. The number of methoxy groups -OCH3 is 1. The molecule has 2 aromatic rings. The van der Waals surface area contributed by atoms with Gasteiger partial charge in [0.1, 0.15) is 5.75 Å². The Morgan fingerprint density at radius 1 is 1.12 bits per heavy atom. The van der Waals surface area contributed by atoms with Crippen LogP contribution >= 0.6 is 22.6 Å². The van der Waals surface area contributed by atoms with Gasteiger partial charge in [0, 0.05) is 16.2 Å². The maximum atomic E-state index is 13.0. The van der Waals surface area contributed by atoms with Gasteiger partial charge in [0.15, 0.2) is 0 Å². The summed E-state index contributed by atoms with van der Waals surface area (Å²) in [5.74, 6) is 0.813.